The molecule has 8 nitrogen and oxygen atoms in total. The van der Waals surface area contributed by atoms with Crippen LogP contribution in [0.3, 0.4) is 0 Å². The van der Waals surface area contributed by atoms with Gasteiger partial charge in [0, 0.05) is 39.3 Å². The zero-order valence-electron chi connectivity index (χ0n) is 16.8. The van der Waals surface area contributed by atoms with Crippen LogP contribution in [0, 0.1) is 0 Å². The molecule has 0 bridgehead atoms. The van der Waals surface area contributed by atoms with Gasteiger partial charge in [0.05, 0.1) is 22.7 Å². The van der Waals surface area contributed by atoms with Crippen molar-refractivity contribution in [3.63, 3.8) is 0 Å². The Morgan fingerprint density at radius 1 is 0.933 bits per heavy atom. The van der Waals surface area contributed by atoms with Gasteiger partial charge in [-0.05, 0) is 43.5 Å². The molecule has 1 N–H and O–H groups in total. The second-order valence-electron chi connectivity index (χ2n) is 7.61. The highest BCUT2D eigenvalue weighted by molar-refractivity contribution is 7.18. The third-order valence-corrected chi connectivity index (χ3v) is 6.48. The molecule has 0 unspecified atom stereocenters. The van der Waals surface area contributed by atoms with E-state index in [0.717, 1.165) is 38.9 Å². The Kier molecular flexibility index (Phi) is 6.49. The molecule has 0 aromatic carbocycles. The molecule has 2 fully saturated rings. The Balaban J connectivity index is 1.30. The SMILES string of the molecule is O=C(Nc1ccc(C(=O)N2CCCN(CC(=O)N3CCCC3)CC2)s1)c1ccco1. The molecule has 2 aliphatic heterocycles. The van der Waals surface area contributed by atoms with Gasteiger partial charge >= 0.3 is 0 Å². The van der Waals surface area contributed by atoms with Crippen molar-refractivity contribution in [1.82, 2.24) is 14.7 Å². The molecule has 0 spiro atoms. The molecule has 3 amide bonds. The maximum atomic E-state index is 12.9. The number of furan rings is 1. The molecule has 30 heavy (non-hydrogen) atoms. The predicted molar refractivity (Wildman–Crippen MR) is 114 cm³/mol. The molecule has 4 heterocycles. The van der Waals surface area contributed by atoms with Crippen molar-refractivity contribution in [3.05, 3.63) is 41.2 Å². The first-order chi connectivity index (χ1) is 14.6. The lowest BCUT2D eigenvalue weighted by Gasteiger charge is -2.23. The van der Waals surface area contributed by atoms with Crippen molar-refractivity contribution < 1.29 is 18.8 Å². The van der Waals surface area contributed by atoms with Crippen LogP contribution >= 0.6 is 11.3 Å². The molecule has 2 saturated heterocycles. The summed E-state index contributed by atoms with van der Waals surface area (Å²) in [7, 11) is 0. The number of amides is 3. The summed E-state index contributed by atoms with van der Waals surface area (Å²) in [5, 5.41) is 3.36. The average molecular weight is 431 g/mol. The summed E-state index contributed by atoms with van der Waals surface area (Å²) in [4.78, 5) is 43.9. The summed E-state index contributed by atoms with van der Waals surface area (Å²) in [6.45, 7) is 4.95. The van der Waals surface area contributed by atoms with Gasteiger partial charge in [-0.3, -0.25) is 19.3 Å². The lowest BCUT2D eigenvalue weighted by molar-refractivity contribution is -0.131. The number of rotatable bonds is 5. The first kappa shape index (κ1) is 20.6. The van der Waals surface area contributed by atoms with Crippen LogP contribution in [-0.4, -0.2) is 78.2 Å². The number of anilines is 1. The second-order valence-corrected chi connectivity index (χ2v) is 8.69. The van der Waals surface area contributed by atoms with E-state index in [1.54, 1.807) is 24.3 Å². The van der Waals surface area contributed by atoms with E-state index in [-0.39, 0.29) is 23.5 Å². The minimum atomic E-state index is -0.339. The topological polar surface area (TPSA) is 86.1 Å². The zero-order valence-corrected chi connectivity index (χ0v) is 17.7. The molecule has 0 radical (unpaired) electrons. The van der Waals surface area contributed by atoms with E-state index in [1.807, 2.05) is 9.80 Å². The number of hydrogen-bond donors (Lipinski definition) is 1. The van der Waals surface area contributed by atoms with Gasteiger partial charge in [-0.1, -0.05) is 0 Å². The van der Waals surface area contributed by atoms with Crippen molar-refractivity contribution in [2.75, 3.05) is 51.1 Å². The summed E-state index contributed by atoms with van der Waals surface area (Å²) in [5.41, 5.74) is 0. The maximum Gasteiger partial charge on any atom is 0.291 e. The number of hydrogen-bond acceptors (Lipinski definition) is 6. The van der Waals surface area contributed by atoms with Crippen molar-refractivity contribution in [3.8, 4) is 0 Å². The van der Waals surface area contributed by atoms with E-state index in [9.17, 15) is 14.4 Å². The van der Waals surface area contributed by atoms with E-state index in [2.05, 4.69) is 10.2 Å². The van der Waals surface area contributed by atoms with Crippen LogP contribution in [0.15, 0.2) is 34.9 Å². The lowest BCUT2D eigenvalue weighted by atomic mass is 10.3. The van der Waals surface area contributed by atoms with Gasteiger partial charge in [0.1, 0.15) is 0 Å². The first-order valence-corrected chi connectivity index (χ1v) is 11.2. The minimum absolute atomic E-state index is 0.0359. The van der Waals surface area contributed by atoms with Gasteiger partial charge in [-0.2, -0.15) is 0 Å². The van der Waals surface area contributed by atoms with Crippen molar-refractivity contribution in [2.24, 2.45) is 0 Å². The Hall–Kier alpha value is -2.65. The van der Waals surface area contributed by atoms with E-state index < -0.39 is 0 Å². The number of thiophene rings is 1. The van der Waals surface area contributed by atoms with Crippen LogP contribution in [0.2, 0.25) is 0 Å². The molecule has 2 aromatic heterocycles. The summed E-state index contributed by atoms with van der Waals surface area (Å²) in [6.07, 6.45) is 4.48. The van der Waals surface area contributed by atoms with Gasteiger partial charge in [-0.15, -0.1) is 11.3 Å². The zero-order chi connectivity index (χ0) is 20.9. The van der Waals surface area contributed by atoms with Gasteiger partial charge in [0.15, 0.2) is 5.76 Å². The van der Waals surface area contributed by atoms with Gasteiger partial charge in [-0.25, -0.2) is 0 Å². The molecular weight excluding hydrogens is 404 g/mol. The normalized spacial score (nSPS) is 17.7. The van der Waals surface area contributed by atoms with E-state index in [0.29, 0.717) is 36.1 Å². The molecule has 0 aliphatic carbocycles. The van der Waals surface area contributed by atoms with E-state index >= 15 is 0 Å². The molecule has 160 valence electrons. The third kappa shape index (κ3) is 4.91. The number of nitrogens with zero attached hydrogens (tertiary/aromatic N) is 3. The minimum Gasteiger partial charge on any atom is -0.459 e. The fraction of sp³-hybridized carbons (Fsp3) is 0.476. The fourth-order valence-electron chi connectivity index (χ4n) is 3.85. The van der Waals surface area contributed by atoms with E-state index in [1.165, 1.54) is 17.6 Å². The second kappa shape index (κ2) is 9.44. The molecule has 0 atom stereocenters. The largest absolute Gasteiger partial charge is 0.459 e. The summed E-state index contributed by atoms with van der Waals surface area (Å²) >= 11 is 1.26. The Bertz CT molecular complexity index is 889. The highest BCUT2D eigenvalue weighted by Crippen LogP contribution is 2.24. The maximum absolute atomic E-state index is 12.9. The van der Waals surface area contributed by atoms with Crippen molar-refractivity contribution in [2.45, 2.75) is 19.3 Å². The monoisotopic (exact) mass is 430 g/mol. The molecule has 2 aromatic rings. The summed E-state index contributed by atoms with van der Waals surface area (Å²) in [5.74, 6) is 0.0509. The number of carbonyl (C=O) groups is 3. The lowest BCUT2D eigenvalue weighted by Crippen LogP contribution is -2.41. The van der Waals surface area contributed by atoms with Crippen LogP contribution in [-0.2, 0) is 4.79 Å². The van der Waals surface area contributed by atoms with Crippen LogP contribution in [0.1, 0.15) is 39.5 Å². The van der Waals surface area contributed by atoms with Gasteiger partial charge in [0.2, 0.25) is 5.91 Å². The highest BCUT2D eigenvalue weighted by Gasteiger charge is 2.25. The molecular formula is C21H26N4O4S. The number of carbonyl (C=O) groups excluding carboxylic acids is 3. The molecule has 0 saturated carbocycles. The third-order valence-electron chi connectivity index (χ3n) is 5.49. The molecule has 9 heteroatoms. The fourth-order valence-corrected chi connectivity index (χ4v) is 4.72. The summed E-state index contributed by atoms with van der Waals surface area (Å²) < 4.78 is 5.09. The van der Waals surface area contributed by atoms with Gasteiger partial charge in [0.25, 0.3) is 11.8 Å². The molecule has 2 aliphatic rings. The highest BCUT2D eigenvalue weighted by atomic mass is 32.1. The predicted octanol–water partition coefficient (Wildman–Crippen LogP) is 2.36. The Morgan fingerprint density at radius 3 is 2.50 bits per heavy atom. The quantitative estimate of drug-likeness (QED) is 0.787. The van der Waals surface area contributed by atoms with Crippen LogP contribution < -0.4 is 5.32 Å². The average Bonchev–Trinajstić information content (AvgIpc) is 3.50. The van der Waals surface area contributed by atoms with Crippen molar-refractivity contribution >= 4 is 34.1 Å². The smallest absolute Gasteiger partial charge is 0.291 e. The van der Waals surface area contributed by atoms with Crippen LogP contribution in [0.4, 0.5) is 5.00 Å². The van der Waals surface area contributed by atoms with Crippen LogP contribution in [0.25, 0.3) is 0 Å². The standard InChI is InChI=1S/C21H26N4O4S/c26-19(24-9-1-2-10-24)15-23-8-4-11-25(13-12-23)21(28)17-6-7-18(30-17)22-20(27)16-5-3-14-29-16/h3,5-7,14H,1-2,4,8-13,15H2,(H,22,27). The Labute approximate surface area is 179 Å². The summed E-state index contributed by atoms with van der Waals surface area (Å²) in [6, 6.07) is 6.72. The molecule has 4 rings (SSSR count). The number of nitrogens with one attached hydrogen (secondary N) is 1. The van der Waals surface area contributed by atoms with E-state index in [4.69, 9.17) is 4.42 Å². The first-order valence-electron chi connectivity index (χ1n) is 10.3. The van der Waals surface area contributed by atoms with Crippen LogP contribution in [0.5, 0.6) is 0 Å². The van der Waals surface area contributed by atoms with Gasteiger partial charge < -0.3 is 19.5 Å². The van der Waals surface area contributed by atoms with Crippen molar-refractivity contribution in [1.29, 1.82) is 0 Å². The number of likely N-dealkylation sites (tertiary alicyclic amines) is 1. The Morgan fingerprint density at radius 2 is 1.73 bits per heavy atom.